The minimum Gasteiger partial charge on any atom is -0.0622 e. The lowest BCUT2D eigenvalue weighted by Gasteiger charge is -2.19. The topological polar surface area (TPSA) is 0 Å². The third kappa shape index (κ3) is 3.44. The quantitative estimate of drug-likeness (QED) is 0.139. The van der Waals surface area contributed by atoms with E-state index in [9.17, 15) is 0 Å². The summed E-state index contributed by atoms with van der Waals surface area (Å²) in [5, 5.41) is 13.2. The predicted octanol–water partition coefficient (Wildman–Crippen LogP) is 13.5. The maximum absolute atomic E-state index is 2.53. The molecule has 1 aliphatic rings. The molecular weight excluding hydrogens is 577 g/mol. The molecule has 48 heavy (non-hydrogen) atoms. The van der Waals surface area contributed by atoms with Crippen LogP contribution < -0.4 is 0 Å². The van der Waals surface area contributed by atoms with Crippen LogP contribution in [0.15, 0.2) is 170 Å². The van der Waals surface area contributed by atoms with Crippen LogP contribution in [0.2, 0.25) is 0 Å². The number of benzene rings is 10. The lowest BCUT2D eigenvalue weighted by atomic mass is 9.83. The largest absolute Gasteiger partial charge is 0.0622 e. The Hall–Kier alpha value is -6.24. The fourth-order valence-electron chi connectivity index (χ4n) is 8.74. The van der Waals surface area contributed by atoms with Crippen molar-refractivity contribution in [2.45, 2.75) is 0 Å². The van der Waals surface area contributed by atoms with Crippen LogP contribution >= 0.6 is 0 Å². The van der Waals surface area contributed by atoms with Gasteiger partial charge in [-0.1, -0.05) is 146 Å². The highest BCUT2D eigenvalue weighted by Gasteiger charge is 2.30. The summed E-state index contributed by atoms with van der Waals surface area (Å²) >= 11 is 0. The summed E-state index contributed by atoms with van der Waals surface area (Å²) < 4.78 is 0. The molecule has 0 radical (unpaired) electrons. The van der Waals surface area contributed by atoms with Gasteiger partial charge in [0.1, 0.15) is 0 Å². The van der Waals surface area contributed by atoms with Crippen LogP contribution in [0.3, 0.4) is 0 Å². The molecule has 0 nitrogen and oxygen atoms in total. The molecule has 0 N–H and O–H groups in total. The molecule has 0 bridgehead atoms. The summed E-state index contributed by atoms with van der Waals surface area (Å²) in [6.45, 7) is 0. The Morgan fingerprint density at radius 2 is 0.729 bits per heavy atom. The van der Waals surface area contributed by atoms with E-state index in [1.165, 1.54) is 109 Å². The molecule has 1 aliphatic carbocycles. The first-order valence-corrected chi connectivity index (χ1v) is 16.8. The maximum Gasteiger partial charge on any atom is -0.000741 e. The molecule has 10 aromatic rings. The van der Waals surface area contributed by atoms with Crippen molar-refractivity contribution in [3.8, 4) is 55.6 Å². The van der Waals surface area contributed by atoms with E-state index >= 15 is 0 Å². The van der Waals surface area contributed by atoms with Gasteiger partial charge in [0.2, 0.25) is 0 Å². The van der Waals surface area contributed by atoms with Crippen molar-refractivity contribution >= 4 is 53.9 Å². The van der Waals surface area contributed by atoms with Crippen molar-refractivity contribution in [2.24, 2.45) is 0 Å². The Kier molecular flexibility index (Phi) is 5.20. The highest BCUT2D eigenvalue weighted by molar-refractivity contribution is 6.35. The van der Waals surface area contributed by atoms with E-state index in [-0.39, 0.29) is 0 Å². The maximum atomic E-state index is 2.53. The van der Waals surface area contributed by atoms with Crippen molar-refractivity contribution in [3.63, 3.8) is 0 Å². The van der Waals surface area contributed by atoms with E-state index < -0.39 is 0 Å². The minimum atomic E-state index is 1.24. The molecule has 10 aromatic carbocycles. The third-order valence-corrected chi connectivity index (χ3v) is 10.7. The summed E-state index contributed by atoms with van der Waals surface area (Å²) in [6, 6.07) is 63.2. The molecule has 0 heterocycles. The smallest absolute Gasteiger partial charge is 0.000741 e. The SMILES string of the molecule is c1ccc(-c2cc3ccc4cccc5cc6c(c2-c2cc7c(-c8ccccc8)c8ccccc8c(-c8ccccc8)c7cc2-6)c3c45)cc1. The van der Waals surface area contributed by atoms with E-state index in [4.69, 9.17) is 0 Å². The molecule has 0 unspecified atom stereocenters. The molecule has 0 aromatic heterocycles. The average molecular weight is 605 g/mol. The van der Waals surface area contributed by atoms with Crippen molar-refractivity contribution in [1.82, 2.24) is 0 Å². The zero-order chi connectivity index (χ0) is 31.3. The van der Waals surface area contributed by atoms with Crippen LogP contribution in [-0.4, -0.2) is 0 Å². The van der Waals surface area contributed by atoms with Gasteiger partial charge in [-0.15, -0.1) is 0 Å². The lowest BCUT2D eigenvalue weighted by Crippen LogP contribution is -1.92. The van der Waals surface area contributed by atoms with E-state index in [1.54, 1.807) is 0 Å². The zero-order valence-electron chi connectivity index (χ0n) is 26.2. The van der Waals surface area contributed by atoms with Gasteiger partial charge in [-0.2, -0.15) is 0 Å². The Balaban J connectivity index is 1.38. The molecule has 0 aliphatic heterocycles. The van der Waals surface area contributed by atoms with Crippen molar-refractivity contribution < 1.29 is 0 Å². The molecule has 220 valence electrons. The Morgan fingerprint density at radius 1 is 0.229 bits per heavy atom. The second kappa shape index (κ2) is 9.64. The second-order valence-electron chi connectivity index (χ2n) is 13.2. The number of rotatable bonds is 3. The van der Waals surface area contributed by atoms with Gasteiger partial charge in [-0.25, -0.2) is 0 Å². The second-order valence-corrected chi connectivity index (χ2v) is 13.2. The van der Waals surface area contributed by atoms with Crippen LogP contribution in [0, 0.1) is 0 Å². The van der Waals surface area contributed by atoms with Gasteiger partial charge in [0, 0.05) is 0 Å². The van der Waals surface area contributed by atoms with Gasteiger partial charge in [-0.3, -0.25) is 0 Å². The van der Waals surface area contributed by atoms with Crippen LogP contribution in [0.25, 0.3) is 109 Å². The summed E-state index contributed by atoms with van der Waals surface area (Å²) in [5.74, 6) is 0. The normalized spacial score (nSPS) is 12.2. The molecule has 0 amide bonds. The lowest BCUT2D eigenvalue weighted by molar-refractivity contribution is 1.64. The molecule has 0 saturated heterocycles. The molecule has 0 spiro atoms. The first kappa shape index (κ1) is 25.9. The standard InChI is InChI=1S/C48H28/c1-4-13-29(14-5-1)37-25-34-24-23-32-19-12-20-33-26-39-38-27-41-42(28-40(38)47(37)48(39)46(34)43(32)33)45(31-17-8-3-9-18-31)36-22-11-10-21-35(36)44(41)30-15-6-2-7-16-30/h1-28H. The molecule has 0 atom stereocenters. The van der Waals surface area contributed by atoms with E-state index in [0.717, 1.165) is 0 Å². The number of hydrogen-bond donors (Lipinski definition) is 0. The van der Waals surface area contributed by atoms with Crippen LogP contribution in [-0.2, 0) is 0 Å². The summed E-state index contributed by atoms with van der Waals surface area (Å²) in [5.41, 5.74) is 13.0. The highest BCUT2D eigenvalue weighted by Crippen LogP contribution is 2.57. The van der Waals surface area contributed by atoms with Gasteiger partial charge >= 0.3 is 0 Å². The first-order chi connectivity index (χ1) is 23.8. The molecule has 0 fully saturated rings. The average Bonchev–Trinajstić information content (AvgIpc) is 3.47. The van der Waals surface area contributed by atoms with Gasteiger partial charge in [0.05, 0.1) is 0 Å². The zero-order valence-corrected chi connectivity index (χ0v) is 26.2. The Morgan fingerprint density at radius 3 is 1.38 bits per heavy atom. The fraction of sp³-hybridized carbons (Fsp3) is 0. The Labute approximate surface area is 278 Å². The van der Waals surface area contributed by atoms with Gasteiger partial charge < -0.3 is 0 Å². The summed E-state index contributed by atoms with van der Waals surface area (Å²) in [4.78, 5) is 0. The van der Waals surface area contributed by atoms with Crippen LogP contribution in [0.1, 0.15) is 0 Å². The summed E-state index contributed by atoms with van der Waals surface area (Å²) in [6.07, 6.45) is 0. The molecule has 11 rings (SSSR count). The van der Waals surface area contributed by atoms with Gasteiger partial charge in [0.15, 0.2) is 0 Å². The van der Waals surface area contributed by atoms with E-state index in [0.29, 0.717) is 0 Å². The van der Waals surface area contributed by atoms with Crippen molar-refractivity contribution in [2.75, 3.05) is 0 Å². The predicted molar refractivity (Wildman–Crippen MR) is 206 cm³/mol. The fourth-order valence-corrected chi connectivity index (χ4v) is 8.74. The van der Waals surface area contributed by atoms with E-state index in [1.807, 2.05) is 0 Å². The number of hydrogen-bond acceptors (Lipinski definition) is 0. The molecule has 0 heteroatoms. The molecule has 0 saturated carbocycles. The molecular formula is C48H28. The monoisotopic (exact) mass is 604 g/mol. The Bertz CT molecular complexity index is 2900. The highest BCUT2D eigenvalue weighted by atomic mass is 14.3. The third-order valence-electron chi connectivity index (χ3n) is 10.7. The minimum absolute atomic E-state index is 1.24. The van der Waals surface area contributed by atoms with E-state index in [2.05, 4.69) is 170 Å². The summed E-state index contributed by atoms with van der Waals surface area (Å²) in [7, 11) is 0. The first-order valence-electron chi connectivity index (χ1n) is 16.8. The van der Waals surface area contributed by atoms with Crippen LogP contribution in [0.4, 0.5) is 0 Å². The van der Waals surface area contributed by atoms with Crippen molar-refractivity contribution in [1.29, 1.82) is 0 Å². The van der Waals surface area contributed by atoms with Gasteiger partial charge in [0.25, 0.3) is 0 Å². The number of fused-ring (bicyclic) bond motifs is 5. The van der Waals surface area contributed by atoms with Crippen LogP contribution in [0.5, 0.6) is 0 Å². The van der Waals surface area contributed by atoms with Crippen molar-refractivity contribution in [3.05, 3.63) is 170 Å². The van der Waals surface area contributed by atoms with Gasteiger partial charge in [-0.05, 0) is 134 Å².